The smallest absolute Gasteiger partial charge is 0.224 e. The van der Waals surface area contributed by atoms with Crippen LogP contribution < -0.4 is 5.32 Å². The van der Waals surface area contributed by atoms with Crippen molar-refractivity contribution in [2.24, 2.45) is 0 Å². The predicted octanol–water partition coefficient (Wildman–Crippen LogP) is 2.75. The molecule has 0 saturated carbocycles. The molecule has 1 N–H and O–H groups in total. The van der Waals surface area contributed by atoms with Gasteiger partial charge in [0.1, 0.15) is 0 Å². The Morgan fingerprint density at radius 1 is 1.07 bits per heavy atom. The minimum atomic E-state index is 0.191. The Morgan fingerprint density at radius 3 is 2.43 bits per heavy atom. The fourth-order valence-electron chi connectivity index (χ4n) is 3.33. The van der Waals surface area contributed by atoms with Gasteiger partial charge in [0.05, 0.1) is 0 Å². The molecule has 1 amide bonds. The number of aromatic nitrogens is 2. The first-order valence-electron chi connectivity index (χ1n) is 9.88. The van der Waals surface area contributed by atoms with Crippen molar-refractivity contribution in [2.75, 3.05) is 44.6 Å². The van der Waals surface area contributed by atoms with E-state index in [2.05, 4.69) is 44.5 Å². The molecule has 3 rings (SSSR count). The zero-order chi connectivity index (χ0) is 19.8. The van der Waals surface area contributed by atoms with Gasteiger partial charge in [0.25, 0.3) is 0 Å². The number of amides is 1. The number of carbonyl (C=O) groups excluding carboxylic acids is 1. The lowest BCUT2D eigenvalue weighted by Gasteiger charge is -2.34. The summed E-state index contributed by atoms with van der Waals surface area (Å²) in [5.41, 5.74) is 3.08. The molecule has 6 nitrogen and oxygen atoms in total. The highest BCUT2D eigenvalue weighted by molar-refractivity contribution is 5.76. The van der Waals surface area contributed by atoms with Crippen molar-refractivity contribution >= 4 is 17.9 Å². The fraction of sp³-hybridized carbons (Fsp3) is 0.409. The number of nitrogens with zero attached hydrogens (tertiary/aromatic N) is 4. The number of nitrogens with one attached hydrogen (secondary N) is 1. The van der Waals surface area contributed by atoms with Gasteiger partial charge in [-0.05, 0) is 25.5 Å². The first kappa shape index (κ1) is 20.0. The molecule has 1 aromatic heterocycles. The highest BCUT2D eigenvalue weighted by atomic mass is 16.2. The Labute approximate surface area is 167 Å². The SMILES string of the molecule is Cc1cc(C)nc(NCCC(=O)N2CCN(C/C=C/c3ccccc3)CC2)n1. The van der Waals surface area contributed by atoms with Crippen LogP contribution in [0, 0.1) is 13.8 Å². The van der Waals surface area contributed by atoms with Crippen LogP contribution in [0.2, 0.25) is 0 Å². The molecule has 0 unspecified atom stereocenters. The predicted molar refractivity (Wildman–Crippen MR) is 113 cm³/mol. The molecule has 0 spiro atoms. The van der Waals surface area contributed by atoms with Crippen LogP contribution in [0.4, 0.5) is 5.95 Å². The van der Waals surface area contributed by atoms with Crippen molar-refractivity contribution in [2.45, 2.75) is 20.3 Å². The zero-order valence-electron chi connectivity index (χ0n) is 16.8. The third kappa shape index (κ3) is 6.16. The van der Waals surface area contributed by atoms with Crippen LogP contribution in [0.3, 0.4) is 0 Å². The first-order chi connectivity index (χ1) is 13.6. The highest BCUT2D eigenvalue weighted by Crippen LogP contribution is 2.07. The molecule has 2 heterocycles. The molecule has 0 aliphatic carbocycles. The Bertz CT molecular complexity index is 778. The summed E-state index contributed by atoms with van der Waals surface area (Å²) in [4.78, 5) is 25.5. The molecular formula is C22H29N5O. The van der Waals surface area contributed by atoms with Gasteiger partial charge in [0.2, 0.25) is 11.9 Å². The molecule has 28 heavy (non-hydrogen) atoms. The van der Waals surface area contributed by atoms with Gasteiger partial charge in [-0.3, -0.25) is 9.69 Å². The lowest BCUT2D eigenvalue weighted by atomic mass is 10.2. The Morgan fingerprint density at radius 2 is 1.75 bits per heavy atom. The van der Waals surface area contributed by atoms with Crippen molar-refractivity contribution in [1.82, 2.24) is 19.8 Å². The van der Waals surface area contributed by atoms with E-state index in [1.165, 1.54) is 5.56 Å². The summed E-state index contributed by atoms with van der Waals surface area (Å²) < 4.78 is 0. The van der Waals surface area contributed by atoms with E-state index >= 15 is 0 Å². The minimum absolute atomic E-state index is 0.191. The van der Waals surface area contributed by atoms with Crippen molar-refractivity contribution in [3.63, 3.8) is 0 Å². The maximum absolute atomic E-state index is 12.4. The van der Waals surface area contributed by atoms with E-state index in [-0.39, 0.29) is 5.91 Å². The molecule has 0 atom stereocenters. The fourth-order valence-corrected chi connectivity index (χ4v) is 3.33. The molecule has 1 saturated heterocycles. The van der Waals surface area contributed by atoms with Crippen LogP contribution >= 0.6 is 0 Å². The topological polar surface area (TPSA) is 61.4 Å². The Balaban J connectivity index is 1.36. The number of aryl methyl sites for hydroxylation is 2. The van der Waals surface area contributed by atoms with Crippen LogP contribution in [0.15, 0.2) is 42.5 Å². The van der Waals surface area contributed by atoms with Crippen LogP contribution in [0.1, 0.15) is 23.4 Å². The number of hydrogen-bond donors (Lipinski definition) is 1. The van der Waals surface area contributed by atoms with Gasteiger partial charge in [0, 0.05) is 57.1 Å². The average molecular weight is 380 g/mol. The largest absolute Gasteiger partial charge is 0.354 e. The molecule has 1 aliphatic heterocycles. The van der Waals surface area contributed by atoms with Gasteiger partial charge in [-0.2, -0.15) is 0 Å². The van der Waals surface area contributed by atoms with E-state index in [4.69, 9.17) is 0 Å². The molecular weight excluding hydrogens is 350 g/mol. The maximum atomic E-state index is 12.4. The second-order valence-electron chi connectivity index (χ2n) is 7.15. The summed E-state index contributed by atoms with van der Waals surface area (Å²) in [5, 5.41) is 3.16. The summed E-state index contributed by atoms with van der Waals surface area (Å²) in [6.45, 7) is 8.77. The molecule has 2 aromatic rings. The summed E-state index contributed by atoms with van der Waals surface area (Å²) >= 11 is 0. The zero-order valence-corrected chi connectivity index (χ0v) is 16.8. The summed E-state index contributed by atoms with van der Waals surface area (Å²) in [6.07, 6.45) is 4.81. The number of rotatable bonds is 7. The number of piperazine rings is 1. The molecule has 0 bridgehead atoms. The third-order valence-corrected chi connectivity index (χ3v) is 4.80. The molecule has 148 valence electrons. The average Bonchev–Trinajstić information content (AvgIpc) is 2.68. The molecule has 1 fully saturated rings. The van der Waals surface area contributed by atoms with Crippen molar-refractivity contribution in [3.05, 3.63) is 59.4 Å². The van der Waals surface area contributed by atoms with E-state index in [9.17, 15) is 4.79 Å². The van der Waals surface area contributed by atoms with E-state index < -0.39 is 0 Å². The number of hydrogen-bond acceptors (Lipinski definition) is 5. The Hall–Kier alpha value is -2.73. The molecule has 1 aliphatic rings. The van der Waals surface area contributed by atoms with Crippen molar-refractivity contribution in [3.8, 4) is 0 Å². The van der Waals surface area contributed by atoms with Crippen LogP contribution in [-0.2, 0) is 4.79 Å². The number of benzene rings is 1. The van der Waals surface area contributed by atoms with Crippen LogP contribution in [0.25, 0.3) is 6.08 Å². The van der Waals surface area contributed by atoms with Crippen molar-refractivity contribution < 1.29 is 4.79 Å². The summed E-state index contributed by atoms with van der Waals surface area (Å²) in [5.74, 6) is 0.789. The van der Waals surface area contributed by atoms with Crippen molar-refractivity contribution in [1.29, 1.82) is 0 Å². The van der Waals surface area contributed by atoms with Gasteiger partial charge >= 0.3 is 0 Å². The molecule has 1 aromatic carbocycles. The Kier molecular flexibility index (Phi) is 7.14. The van der Waals surface area contributed by atoms with Gasteiger partial charge < -0.3 is 10.2 Å². The second kappa shape index (κ2) is 9.99. The maximum Gasteiger partial charge on any atom is 0.224 e. The summed E-state index contributed by atoms with van der Waals surface area (Å²) in [6, 6.07) is 12.3. The van der Waals surface area contributed by atoms with E-state index in [0.29, 0.717) is 18.9 Å². The number of carbonyl (C=O) groups is 1. The van der Waals surface area contributed by atoms with Crippen LogP contribution in [-0.4, -0.2) is 64.9 Å². The van der Waals surface area contributed by atoms with E-state index in [1.54, 1.807) is 0 Å². The quantitative estimate of drug-likeness (QED) is 0.802. The minimum Gasteiger partial charge on any atom is -0.354 e. The lowest BCUT2D eigenvalue weighted by Crippen LogP contribution is -2.48. The first-order valence-corrected chi connectivity index (χ1v) is 9.88. The standard InChI is InChI=1S/C22H29N5O/c1-18-17-19(2)25-22(24-18)23-11-10-21(28)27-15-13-26(14-16-27)12-6-9-20-7-4-3-5-8-20/h3-9,17H,10-16H2,1-2H3,(H,23,24,25)/b9-6+. The van der Waals surface area contributed by atoms with Gasteiger partial charge in [-0.25, -0.2) is 9.97 Å². The van der Waals surface area contributed by atoms with E-state index in [0.717, 1.165) is 44.1 Å². The van der Waals surface area contributed by atoms with Gasteiger partial charge in [-0.15, -0.1) is 0 Å². The van der Waals surface area contributed by atoms with Gasteiger partial charge in [0.15, 0.2) is 0 Å². The lowest BCUT2D eigenvalue weighted by molar-refractivity contribution is -0.132. The molecule has 0 radical (unpaired) electrons. The normalized spacial score (nSPS) is 15.1. The van der Waals surface area contributed by atoms with Crippen LogP contribution in [0.5, 0.6) is 0 Å². The van der Waals surface area contributed by atoms with E-state index in [1.807, 2.05) is 43.0 Å². The monoisotopic (exact) mass is 379 g/mol. The number of anilines is 1. The second-order valence-corrected chi connectivity index (χ2v) is 7.15. The summed E-state index contributed by atoms with van der Waals surface area (Å²) in [7, 11) is 0. The van der Waals surface area contributed by atoms with Gasteiger partial charge in [-0.1, -0.05) is 42.5 Å². The third-order valence-electron chi connectivity index (χ3n) is 4.80. The highest BCUT2D eigenvalue weighted by Gasteiger charge is 2.20. The molecule has 6 heteroatoms.